The molecule has 0 aliphatic rings. The summed E-state index contributed by atoms with van der Waals surface area (Å²) in [5.74, 6) is -0.353. The number of nitrogens with one attached hydrogen (secondary N) is 1. The zero-order valence-electron chi connectivity index (χ0n) is 10.9. The van der Waals surface area contributed by atoms with Gasteiger partial charge in [-0.15, -0.1) is 0 Å². The van der Waals surface area contributed by atoms with Crippen LogP contribution >= 0.6 is 23.2 Å². The Morgan fingerprint density at radius 3 is 2.67 bits per heavy atom. The smallest absolute Gasteiger partial charge is 0.125 e. The Morgan fingerprint density at radius 1 is 1.05 bits per heavy atom. The lowest BCUT2D eigenvalue weighted by molar-refractivity contribution is 0.626. The molecule has 0 spiro atoms. The van der Waals surface area contributed by atoms with Crippen molar-refractivity contribution in [1.29, 1.82) is 0 Å². The summed E-state index contributed by atoms with van der Waals surface area (Å²) in [6, 6.07) is 11.9. The highest BCUT2D eigenvalue weighted by Gasteiger charge is 2.05. The number of anilines is 1. The molecular formula is C16H11Cl2FN2. The van der Waals surface area contributed by atoms with E-state index in [1.54, 1.807) is 18.3 Å². The standard InChI is InChI=1S/C16H11Cl2FN2/c17-12-4-10(5-14(19)7-12)9-21-15-8-13(18)6-11-2-1-3-20-16(11)15/h1-8,21H,9H2. The van der Waals surface area contributed by atoms with Gasteiger partial charge in [-0.3, -0.25) is 4.98 Å². The topological polar surface area (TPSA) is 24.9 Å². The van der Waals surface area contributed by atoms with E-state index in [0.717, 1.165) is 22.2 Å². The Hall–Kier alpha value is -1.84. The maximum absolute atomic E-state index is 13.3. The van der Waals surface area contributed by atoms with Crippen molar-refractivity contribution < 1.29 is 4.39 Å². The van der Waals surface area contributed by atoms with Crippen LogP contribution in [0.1, 0.15) is 5.56 Å². The average molecular weight is 321 g/mol. The first-order valence-electron chi connectivity index (χ1n) is 6.35. The van der Waals surface area contributed by atoms with Gasteiger partial charge in [-0.25, -0.2) is 4.39 Å². The quantitative estimate of drug-likeness (QED) is 0.709. The Kier molecular flexibility index (Phi) is 3.95. The van der Waals surface area contributed by atoms with E-state index in [9.17, 15) is 4.39 Å². The fourth-order valence-electron chi connectivity index (χ4n) is 2.20. The third-order valence-corrected chi connectivity index (χ3v) is 3.51. The van der Waals surface area contributed by atoms with Crippen LogP contribution in [-0.2, 0) is 6.54 Å². The molecular weight excluding hydrogens is 310 g/mol. The van der Waals surface area contributed by atoms with Gasteiger partial charge in [0, 0.05) is 28.2 Å². The molecule has 0 aliphatic carbocycles. The van der Waals surface area contributed by atoms with Crippen molar-refractivity contribution in [1.82, 2.24) is 4.98 Å². The summed E-state index contributed by atoms with van der Waals surface area (Å²) >= 11 is 12.0. The number of fused-ring (bicyclic) bond motifs is 1. The highest BCUT2D eigenvalue weighted by atomic mass is 35.5. The minimum atomic E-state index is -0.353. The first kappa shape index (κ1) is 14.1. The molecule has 2 aromatic carbocycles. The van der Waals surface area contributed by atoms with E-state index in [1.165, 1.54) is 12.1 Å². The number of rotatable bonds is 3. The van der Waals surface area contributed by atoms with E-state index in [4.69, 9.17) is 23.2 Å². The second kappa shape index (κ2) is 5.88. The summed E-state index contributed by atoms with van der Waals surface area (Å²) in [6.45, 7) is 0.434. The fourth-order valence-corrected chi connectivity index (χ4v) is 2.67. The highest BCUT2D eigenvalue weighted by Crippen LogP contribution is 2.27. The number of benzene rings is 2. The summed E-state index contributed by atoms with van der Waals surface area (Å²) in [6.07, 6.45) is 1.72. The molecule has 0 unspecified atom stereocenters. The summed E-state index contributed by atoms with van der Waals surface area (Å²) in [5.41, 5.74) is 2.38. The van der Waals surface area contributed by atoms with Gasteiger partial charge in [0.15, 0.2) is 0 Å². The summed E-state index contributed by atoms with van der Waals surface area (Å²) < 4.78 is 13.3. The van der Waals surface area contributed by atoms with Gasteiger partial charge in [0.05, 0.1) is 11.2 Å². The lowest BCUT2D eigenvalue weighted by Crippen LogP contribution is -2.01. The summed E-state index contributed by atoms with van der Waals surface area (Å²) in [4.78, 5) is 4.35. The zero-order valence-corrected chi connectivity index (χ0v) is 12.4. The summed E-state index contributed by atoms with van der Waals surface area (Å²) in [7, 11) is 0. The predicted molar refractivity (Wildman–Crippen MR) is 85.5 cm³/mol. The molecule has 0 saturated heterocycles. The molecule has 3 aromatic rings. The zero-order chi connectivity index (χ0) is 14.8. The van der Waals surface area contributed by atoms with Crippen molar-refractivity contribution in [2.24, 2.45) is 0 Å². The normalized spacial score (nSPS) is 10.8. The van der Waals surface area contributed by atoms with Gasteiger partial charge in [0.2, 0.25) is 0 Å². The third kappa shape index (κ3) is 3.26. The van der Waals surface area contributed by atoms with Gasteiger partial charge in [0.25, 0.3) is 0 Å². The molecule has 1 aromatic heterocycles. The van der Waals surface area contributed by atoms with Crippen molar-refractivity contribution in [2.45, 2.75) is 6.54 Å². The Labute approximate surface area is 131 Å². The molecule has 0 bridgehead atoms. The maximum Gasteiger partial charge on any atom is 0.125 e. The second-order valence-electron chi connectivity index (χ2n) is 4.66. The second-order valence-corrected chi connectivity index (χ2v) is 5.53. The molecule has 3 rings (SSSR count). The SMILES string of the molecule is Fc1cc(Cl)cc(CNc2cc(Cl)cc3cccnc23)c1. The Bertz CT molecular complexity index is 785. The van der Waals surface area contributed by atoms with Crippen molar-refractivity contribution in [3.05, 3.63) is 70.1 Å². The van der Waals surface area contributed by atoms with E-state index >= 15 is 0 Å². The molecule has 106 valence electrons. The van der Waals surface area contributed by atoms with Crippen LogP contribution < -0.4 is 5.32 Å². The molecule has 1 N–H and O–H groups in total. The first-order valence-corrected chi connectivity index (χ1v) is 7.10. The molecule has 2 nitrogen and oxygen atoms in total. The van der Waals surface area contributed by atoms with Crippen molar-refractivity contribution >= 4 is 39.8 Å². The van der Waals surface area contributed by atoms with Crippen LogP contribution in [0.3, 0.4) is 0 Å². The fraction of sp³-hybridized carbons (Fsp3) is 0.0625. The maximum atomic E-state index is 13.3. The number of nitrogens with zero attached hydrogens (tertiary/aromatic N) is 1. The van der Waals surface area contributed by atoms with E-state index in [-0.39, 0.29) is 5.82 Å². The third-order valence-electron chi connectivity index (χ3n) is 3.07. The number of aromatic nitrogens is 1. The van der Waals surface area contributed by atoms with Crippen LogP contribution in [0.25, 0.3) is 10.9 Å². The van der Waals surface area contributed by atoms with Gasteiger partial charge in [0.1, 0.15) is 5.82 Å². The first-order chi connectivity index (χ1) is 10.1. The molecule has 0 radical (unpaired) electrons. The Morgan fingerprint density at radius 2 is 1.86 bits per heavy atom. The van der Waals surface area contributed by atoms with Crippen LogP contribution in [0.4, 0.5) is 10.1 Å². The van der Waals surface area contributed by atoms with Crippen LogP contribution in [0.5, 0.6) is 0 Å². The van der Waals surface area contributed by atoms with Crippen LogP contribution in [0, 0.1) is 5.82 Å². The minimum absolute atomic E-state index is 0.353. The van der Waals surface area contributed by atoms with Gasteiger partial charge in [-0.1, -0.05) is 29.3 Å². The minimum Gasteiger partial charge on any atom is -0.379 e. The monoisotopic (exact) mass is 320 g/mol. The molecule has 21 heavy (non-hydrogen) atoms. The van der Waals surface area contributed by atoms with Gasteiger partial charge < -0.3 is 5.32 Å². The van der Waals surface area contributed by atoms with E-state index < -0.39 is 0 Å². The van der Waals surface area contributed by atoms with E-state index in [2.05, 4.69) is 10.3 Å². The van der Waals surface area contributed by atoms with Crippen LogP contribution in [-0.4, -0.2) is 4.98 Å². The molecule has 0 atom stereocenters. The van der Waals surface area contributed by atoms with E-state index in [0.29, 0.717) is 16.6 Å². The van der Waals surface area contributed by atoms with Gasteiger partial charge >= 0.3 is 0 Å². The predicted octanol–water partition coefficient (Wildman–Crippen LogP) is 5.29. The molecule has 0 aliphatic heterocycles. The van der Waals surface area contributed by atoms with Crippen molar-refractivity contribution in [2.75, 3.05) is 5.32 Å². The van der Waals surface area contributed by atoms with Gasteiger partial charge in [-0.05, 0) is 42.0 Å². The molecule has 1 heterocycles. The average Bonchev–Trinajstić information content (AvgIpc) is 2.43. The van der Waals surface area contributed by atoms with Crippen LogP contribution in [0.2, 0.25) is 10.0 Å². The Balaban J connectivity index is 1.91. The van der Waals surface area contributed by atoms with Crippen molar-refractivity contribution in [3.63, 3.8) is 0 Å². The lowest BCUT2D eigenvalue weighted by atomic mass is 10.1. The number of hydrogen-bond acceptors (Lipinski definition) is 2. The number of hydrogen-bond donors (Lipinski definition) is 1. The molecule has 0 amide bonds. The molecule has 5 heteroatoms. The molecule has 0 fully saturated rings. The lowest BCUT2D eigenvalue weighted by Gasteiger charge is -2.10. The van der Waals surface area contributed by atoms with E-state index in [1.807, 2.05) is 18.2 Å². The molecule has 0 saturated carbocycles. The van der Waals surface area contributed by atoms with Crippen LogP contribution in [0.15, 0.2) is 48.7 Å². The highest BCUT2D eigenvalue weighted by molar-refractivity contribution is 6.32. The summed E-state index contributed by atoms with van der Waals surface area (Å²) in [5, 5.41) is 5.17. The van der Waals surface area contributed by atoms with Gasteiger partial charge in [-0.2, -0.15) is 0 Å². The number of pyridine rings is 1. The number of halogens is 3. The largest absolute Gasteiger partial charge is 0.379 e. The van der Waals surface area contributed by atoms with Crippen molar-refractivity contribution in [3.8, 4) is 0 Å².